The van der Waals surface area contributed by atoms with Gasteiger partial charge in [0.05, 0.1) is 13.1 Å². The van der Waals surface area contributed by atoms with Crippen LogP contribution in [-0.2, 0) is 13.1 Å². The van der Waals surface area contributed by atoms with Gasteiger partial charge in [-0.3, -0.25) is 0 Å². The molecule has 0 amide bonds. The van der Waals surface area contributed by atoms with Gasteiger partial charge in [0.25, 0.3) is 0 Å². The predicted octanol–water partition coefficient (Wildman–Crippen LogP) is 0.0815. The summed E-state index contributed by atoms with van der Waals surface area (Å²) in [5.74, 6) is 0.826. The van der Waals surface area contributed by atoms with Gasteiger partial charge in [0, 0.05) is 12.4 Å². The average molecular weight is 193 g/mol. The van der Waals surface area contributed by atoms with Gasteiger partial charge in [-0.2, -0.15) is 0 Å². The largest absolute Gasteiger partial charge is 0.328 e. The molecule has 0 saturated carbocycles. The first kappa shape index (κ1) is 8.89. The number of hydrogen-bond acceptors (Lipinski definition) is 5. The van der Waals surface area contributed by atoms with Crippen LogP contribution >= 0.6 is 0 Å². The zero-order chi connectivity index (χ0) is 9.97. The fourth-order valence-electron chi connectivity index (χ4n) is 1.23. The maximum Gasteiger partial charge on any atom is 0.127 e. The Morgan fingerprint density at radius 3 is 3.00 bits per heavy atom. The van der Waals surface area contributed by atoms with E-state index in [0.29, 0.717) is 13.1 Å². The highest BCUT2D eigenvalue weighted by Gasteiger charge is 2.07. The van der Waals surface area contributed by atoms with E-state index in [2.05, 4.69) is 19.9 Å². The molecule has 2 rings (SSSR count). The van der Waals surface area contributed by atoms with E-state index in [9.17, 15) is 0 Å². The first-order valence-electron chi connectivity index (χ1n) is 4.29. The van der Waals surface area contributed by atoms with Crippen LogP contribution in [0.4, 0.5) is 0 Å². The van der Waals surface area contributed by atoms with Crippen molar-refractivity contribution in [2.45, 2.75) is 20.0 Å². The minimum absolute atomic E-state index is 0.414. The van der Waals surface area contributed by atoms with Crippen molar-refractivity contribution in [3.8, 4) is 0 Å². The van der Waals surface area contributed by atoms with E-state index in [-0.39, 0.29) is 0 Å². The first-order valence-corrected chi connectivity index (χ1v) is 4.29. The molecule has 2 aromatic heterocycles. The lowest BCUT2D eigenvalue weighted by Crippen LogP contribution is -2.09. The van der Waals surface area contributed by atoms with Gasteiger partial charge >= 0.3 is 0 Å². The molecule has 6 heteroatoms. The number of aryl methyl sites for hydroxylation is 1. The van der Waals surface area contributed by atoms with Crippen molar-refractivity contribution in [1.29, 1.82) is 0 Å². The molecule has 0 saturated heterocycles. The molecule has 0 atom stereocenters. The zero-order valence-corrected chi connectivity index (χ0v) is 7.84. The van der Waals surface area contributed by atoms with Crippen molar-refractivity contribution in [2.24, 2.45) is 5.73 Å². The highest BCUT2D eigenvalue weighted by atomic mass is 16.6. The van der Waals surface area contributed by atoms with Crippen LogP contribution in [0, 0.1) is 6.92 Å². The van der Waals surface area contributed by atoms with E-state index in [4.69, 9.17) is 5.73 Å². The second-order valence-corrected chi connectivity index (χ2v) is 2.97. The lowest BCUT2D eigenvalue weighted by molar-refractivity contribution is 0.300. The molecule has 0 radical (unpaired) electrons. The standard InChI is InChI=1S/C8H11N5O/c1-6-7(12-14-11-6)5-13-3-2-10-8(13)4-9/h2-3H,4-5,9H2,1H3. The van der Waals surface area contributed by atoms with E-state index in [1.54, 1.807) is 6.20 Å². The number of hydrogen-bond donors (Lipinski definition) is 1. The summed E-state index contributed by atoms with van der Waals surface area (Å²) in [6.07, 6.45) is 3.57. The van der Waals surface area contributed by atoms with Gasteiger partial charge in [-0.15, -0.1) is 0 Å². The van der Waals surface area contributed by atoms with Crippen molar-refractivity contribution >= 4 is 0 Å². The minimum atomic E-state index is 0.414. The van der Waals surface area contributed by atoms with Gasteiger partial charge < -0.3 is 10.3 Å². The lowest BCUT2D eigenvalue weighted by Gasteiger charge is -2.02. The molecule has 0 bridgehead atoms. The summed E-state index contributed by atoms with van der Waals surface area (Å²) in [6, 6.07) is 0. The van der Waals surface area contributed by atoms with Crippen LogP contribution in [-0.4, -0.2) is 19.9 Å². The smallest absolute Gasteiger partial charge is 0.127 e. The fourth-order valence-corrected chi connectivity index (χ4v) is 1.23. The third-order valence-electron chi connectivity index (χ3n) is 2.05. The summed E-state index contributed by atoms with van der Waals surface area (Å²) in [6.45, 7) is 2.87. The van der Waals surface area contributed by atoms with Crippen LogP contribution in [0.3, 0.4) is 0 Å². The van der Waals surface area contributed by atoms with Crippen LogP contribution in [0.2, 0.25) is 0 Å². The normalized spacial score (nSPS) is 10.7. The third kappa shape index (κ3) is 1.51. The van der Waals surface area contributed by atoms with Crippen molar-refractivity contribution in [3.05, 3.63) is 29.6 Å². The Balaban J connectivity index is 2.22. The summed E-state index contributed by atoms with van der Waals surface area (Å²) in [5, 5.41) is 7.49. The maximum atomic E-state index is 5.52. The van der Waals surface area contributed by atoms with Crippen molar-refractivity contribution in [2.75, 3.05) is 0 Å². The van der Waals surface area contributed by atoms with E-state index < -0.39 is 0 Å². The second-order valence-electron chi connectivity index (χ2n) is 2.97. The van der Waals surface area contributed by atoms with Crippen LogP contribution in [0.25, 0.3) is 0 Å². The SMILES string of the molecule is Cc1nonc1Cn1ccnc1CN. The zero-order valence-electron chi connectivity index (χ0n) is 7.84. The second kappa shape index (κ2) is 3.59. The topological polar surface area (TPSA) is 82.8 Å². The lowest BCUT2D eigenvalue weighted by atomic mass is 10.3. The van der Waals surface area contributed by atoms with Gasteiger partial charge in [0.15, 0.2) is 0 Å². The van der Waals surface area contributed by atoms with Crippen molar-refractivity contribution < 1.29 is 4.63 Å². The number of aromatic nitrogens is 4. The molecule has 14 heavy (non-hydrogen) atoms. The Kier molecular flexibility index (Phi) is 2.28. The van der Waals surface area contributed by atoms with Crippen LogP contribution in [0.15, 0.2) is 17.0 Å². The Labute approximate surface area is 80.7 Å². The molecule has 74 valence electrons. The molecule has 2 N–H and O–H groups in total. The molecule has 0 aliphatic carbocycles. The average Bonchev–Trinajstić information content (AvgIpc) is 2.77. The molecule has 0 aliphatic heterocycles. The Hall–Kier alpha value is -1.69. The summed E-state index contributed by atoms with van der Waals surface area (Å²) in [4.78, 5) is 4.10. The Morgan fingerprint density at radius 1 is 1.50 bits per heavy atom. The fraction of sp³-hybridized carbons (Fsp3) is 0.375. The molecular formula is C8H11N5O. The highest BCUT2D eigenvalue weighted by molar-refractivity contribution is 5.07. The summed E-state index contributed by atoms with van der Waals surface area (Å²) in [7, 11) is 0. The molecule has 2 aromatic rings. The molecule has 0 spiro atoms. The molecule has 0 unspecified atom stereocenters. The summed E-state index contributed by atoms with van der Waals surface area (Å²) < 4.78 is 6.53. The Morgan fingerprint density at radius 2 is 2.36 bits per heavy atom. The Bertz CT molecular complexity index is 419. The highest BCUT2D eigenvalue weighted by Crippen LogP contribution is 2.05. The first-order chi connectivity index (χ1) is 6.81. The van der Waals surface area contributed by atoms with E-state index >= 15 is 0 Å². The van der Waals surface area contributed by atoms with E-state index in [1.807, 2.05) is 17.7 Å². The number of imidazole rings is 1. The quantitative estimate of drug-likeness (QED) is 0.746. The van der Waals surface area contributed by atoms with Crippen molar-refractivity contribution in [1.82, 2.24) is 19.9 Å². The minimum Gasteiger partial charge on any atom is -0.328 e. The van der Waals surface area contributed by atoms with Crippen molar-refractivity contribution in [3.63, 3.8) is 0 Å². The van der Waals surface area contributed by atoms with E-state index in [1.165, 1.54) is 0 Å². The summed E-state index contributed by atoms with van der Waals surface area (Å²) in [5.41, 5.74) is 7.12. The molecule has 2 heterocycles. The monoisotopic (exact) mass is 193 g/mol. The molecule has 0 fully saturated rings. The van der Waals surface area contributed by atoms with Gasteiger partial charge in [-0.05, 0) is 6.92 Å². The van der Waals surface area contributed by atoms with Gasteiger partial charge in [-0.1, -0.05) is 10.3 Å². The number of rotatable bonds is 3. The van der Waals surface area contributed by atoms with Gasteiger partial charge in [-0.25, -0.2) is 9.61 Å². The maximum absolute atomic E-state index is 5.52. The van der Waals surface area contributed by atoms with Crippen LogP contribution in [0.5, 0.6) is 0 Å². The predicted molar refractivity (Wildman–Crippen MR) is 48.3 cm³/mol. The number of nitrogens with two attached hydrogens (primary N) is 1. The van der Waals surface area contributed by atoms with Gasteiger partial charge in [0.1, 0.15) is 17.2 Å². The molecular weight excluding hydrogens is 182 g/mol. The summed E-state index contributed by atoms with van der Waals surface area (Å²) >= 11 is 0. The third-order valence-corrected chi connectivity index (χ3v) is 2.05. The van der Waals surface area contributed by atoms with Crippen LogP contribution < -0.4 is 5.73 Å². The van der Waals surface area contributed by atoms with Crippen LogP contribution in [0.1, 0.15) is 17.2 Å². The molecule has 0 aromatic carbocycles. The van der Waals surface area contributed by atoms with E-state index in [0.717, 1.165) is 17.2 Å². The van der Waals surface area contributed by atoms with Gasteiger partial charge in [0.2, 0.25) is 0 Å². The molecule has 0 aliphatic rings. The number of nitrogens with zero attached hydrogens (tertiary/aromatic N) is 4. The molecule has 6 nitrogen and oxygen atoms in total.